The fourth-order valence-electron chi connectivity index (χ4n) is 1.89. The number of halogens is 3. The summed E-state index contributed by atoms with van der Waals surface area (Å²) in [5.74, 6) is 0. The van der Waals surface area contributed by atoms with Crippen LogP contribution >= 0.6 is 0 Å². The summed E-state index contributed by atoms with van der Waals surface area (Å²) in [7, 11) is 0. The molecule has 112 valence electrons. The zero-order valence-corrected chi connectivity index (χ0v) is 11.7. The molecule has 0 saturated carbocycles. The van der Waals surface area contributed by atoms with E-state index in [2.05, 4.69) is 6.92 Å². The molecule has 0 amide bonds. The Labute approximate surface area is 118 Å². The molecular weight excluding hydrogens is 265 g/mol. The summed E-state index contributed by atoms with van der Waals surface area (Å²) in [5, 5.41) is 9.85. The van der Waals surface area contributed by atoms with Crippen LogP contribution in [0.4, 0.5) is 13.2 Å². The number of hydrogen-bond donors (Lipinski definition) is 1. The molecule has 0 bridgehead atoms. The van der Waals surface area contributed by atoms with Gasteiger partial charge in [0.1, 0.15) is 0 Å². The van der Waals surface area contributed by atoms with E-state index in [1.54, 1.807) is 6.08 Å². The first-order valence-corrected chi connectivity index (χ1v) is 6.97. The first-order chi connectivity index (χ1) is 9.45. The van der Waals surface area contributed by atoms with E-state index in [0.717, 1.165) is 31.4 Å². The molecule has 0 aromatic heterocycles. The van der Waals surface area contributed by atoms with E-state index in [4.69, 9.17) is 0 Å². The number of unbranched alkanes of at least 4 members (excludes halogenated alkanes) is 4. The van der Waals surface area contributed by atoms with Crippen molar-refractivity contribution in [3.8, 4) is 0 Å². The van der Waals surface area contributed by atoms with Crippen molar-refractivity contribution in [2.45, 2.75) is 51.3 Å². The average Bonchev–Trinajstić information content (AvgIpc) is 2.41. The lowest BCUT2D eigenvalue weighted by molar-refractivity contribution is -0.137. The molecule has 0 unspecified atom stereocenters. The van der Waals surface area contributed by atoms with Gasteiger partial charge in [-0.3, -0.25) is 0 Å². The van der Waals surface area contributed by atoms with Gasteiger partial charge in [-0.15, -0.1) is 0 Å². The first-order valence-electron chi connectivity index (χ1n) is 6.97. The lowest BCUT2D eigenvalue weighted by Crippen LogP contribution is -2.05. The van der Waals surface area contributed by atoms with Crippen LogP contribution in [0, 0.1) is 0 Å². The Balaban J connectivity index is 2.47. The Morgan fingerprint density at radius 1 is 1.10 bits per heavy atom. The van der Waals surface area contributed by atoms with E-state index in [1.807, 2.05) is 6.08 Å². The summed E-state index contributed by atoms with van der Waals surface area (Å²) in [6.07, 6.45) is 3.85. The molecule has 1 N–H and O–H groups in total. The number of benzene rings is 1. The average molecular weight is 286 g/mol. The minimum absolute atomic E-state index is 0.475. The first kappa shape index (κ1) is 16.8. The molecule has 1 aromatic carbocycles. The zero-order valence-electron chi connectivity index (χ0n) is 11.7. The van der Waals surface area contributed by atoms with Crippen molar-refractivity contribution in [2.24, 2.45) is 0 Å². The molecular formula is C16H21F3O. The maximum atomic E-state index is 12.4. The molecule has 0 saturated heterocycles. The molecule has 1 atom stereocenters. The fraction of sp³-hybridized carbons (Fsp3) is 0.500. The highest BCUT2D eigenvalue weighted by Gasteiger charge is 2.30. The summed E-state index contributed by atoms with van der Waals surface area (Å²) in [6.45, 7) is 2.14. The van der Waals surface area contributed by atoms with E-state index in [0.29, 0.717) is 5.56 Å². The Bertz CT molecular complexity index is 407. The van der Waals surface area contributed by atoms with Gasteiger partial charge in [0.15, 0.2) is 0 Å². The van der Waals surface area contributed by atoms with E-state index in [-0.39, 0.29) is 0 Å². The van der Waals surface area contributed by atoms with Gasteiger partial charge >= 0.3 is 6.18 Å². The van der Waals surface area contributed by atoms with Crippen molar-refractivity contribution < 1.29 is 18.3 Å². The second kappa shape index (κ2) is 8.10. The highest BCUT2D eigenvalue weighted by Crippen LogP contribution is 2.30. The number of hydrogen-bond acceptors (Lipinski definition) is 1. The SMILES string of the molecule is CCCCCC/C=C/[C@H](O)c1ccc(C(F)(F)F)cc1. The molecule has 0 aliphatic heterocycles. The van der Waals surface area contributed by atoms with Crippen molar-refractivity contribution in [3.63, 3.8) is 0 Å². The van der Waals surface area contributed by atoms with Gasteiger partial charge in [-0.2, -0.15) is 13.2 Å². The lowest BCUT2D eigenvalue weighted by atomic mass is 10.1. The van der Waals surface area contributed by atoms with Gasteiger partial charge in [-0.1, -0.05) is 50.5 Å². The van der Waals surface area contributed by atoms with Gasteiger partial charge < -0.3 is 5.11 Å². The highest BCUT2D eigenvalue weighted by molar-refractivity contribution is 5.27. The van der Waals surface area contributed by atoms with Crippen LogP contribution in [0.3, 0.4) is 0 Å². The van der Waals surface area contributed by atoms with E-state index in [1.165, 1.54) is 25.0 Å². The molecule has 20 heavy (non-hydrogen) atoms. The molecule has 0 aliphatic rings. The van der Waals surface area contributed by atoms with Crippen molar-refractivity contribution in [3.05, 3.63) is 47.5 Å². The van der Waals surface area contributed by atoms with Crippen LogP contribution in [0.2, 0.25) is 0 Å². The topological polar surface area (TPSA) is 20.2 Å². The van der Waals surface area contributed by atoms with Gasteiger partial charge in [0.2, 0.25) is 0 Å². The van der Waals surface area contributed by atoms with Crippen LogP contribution in [-0.4, -0.2) is 5.11 Å². The third-order valence-corrected chi connectivity index (χ3v) is 3.12. The fourth-order valence-corrected chi connectivity index (χ4v) is 1.89. The van der Waals surface area contributed by atoms with Gasteiger partial charge in [-0.25, -0.2) is 0 Å². The number of aliphatic hydroxyl groups is 1. The summed E-state index contributed by atoms with van der Waals surface area (Å²) in [4.78, 5) is 0. The third kappa shape index (κ3) is 5.78. The van der Waals surface area contributed by atoms with Crippen LogP contribution in [0.1, 0.15) is 56.3 Å². The van der Waals surface area contributed by atoms with Crippen molar-refractivity contribution in [1.29, 1.82) is 0 Å². The lowest BCUT2D eigenvalue weighted by Gasteiger charge is -2.09. The number of alkyl halides is 3. The summed E-state index contributed by atoms with van der Waals surface area (Å²) in [5.41, 5.74) is -0.222. The molecule has 0 radical (unpaired) electrons. The number of aliphatic hydroxyl groups excluding tert-OH is 1. The van der Waals surface area contributed by atoms with E-state index >= 15 is 0 Å². The summed E-state index contributed by atoms with van der Waals surface area (Å²) < 4.78 is 37.2. The number of allylic oxidation sites excluding steroid dienone is 1. The summed E-state index contributed by atoms with van der Waals surface area (Å²) in [6, 6.07) is 4.62. The minimum Gasteiger partial charge on any atom is -0.384 e. The molecule has 0 heterocycles. The normalized spacial score (nSPS) is 13.8. The molecule has 4 heteroatoms. The predicted octanol–water partition coefficient (Wildman–Crippen LogP) is 5.27. The van der Waals surface area contributed by atoms with Crippen molar-refractivity contribution >= 4 is 0 Å². The Morgan fingerprint density at radius 3 is 2.30 bits per heavy atom. The highest BCUT2D eigenvalue weighted by atomic mass is 19.4. The smallest absolute Gasteiger partial charge is 0.384 e. The maximum Gasteiger partial charge on any atom is 0.416 e. The molecule has 0 spiro atoms. The van der Waals surface area contributed by atoms with Crippen molar-refractivity contribution in [2.75, 3.05) is 0 Å². The third-order valence-electron chi connectivity index (χ3n) is 3.12. The van der Waals surface area contributed by atoms with Crippen LogP contribution in [0.15, 0.2) is 36.4 Å². The number of rotatable bonds is 7. The standard InChI is InChI=1S/C16H21F3O/c1-2-3-4-5-6-7-8-15(20)13-9-11-14(12-10-13)16(17,18)19/h7-12,15,20H,2-6H2,1H3/b8-7+/t15-/m0/s1. The summed E-state index contributed by atoms with van der Waals surface area (Å²) >= 11 is 0. The van der Waals surface area contributed by atoms with Gasteiger partial charge in [0.25, 0.3) is 0 Å². The van der Waals surface area contributed by atoms with Gasteiger partial charge in [-0.05, 0) is 30.5 Å². The maximum absolute atomic E-state index is 12.4. The van der Waals surface area contributed by atoms with Crippen molar-refractivity contribution in [1.82, 2.24) is 0 Å². The zero-order chi connectivity index (χ0) is 15.0. The van der Waals surface area contributed by atoms with Crippen LogP contribution in [-0.2, 0) is 6.18 Å². The monoisotopic (exact) mass is 286 g/mol. The van der Waals surface area contributed by atoms with Crippen LogP contribution in [0.5, 0.6) is 0 Å². The minimum atomic E-state index is -4.33. The quantitative estimate of drug-likeness (QED) is 0.535. The molecule has 1 nitrogen and oxygen atoms in total. The molecule has 1 aromatic rings. The molecule has 0 fully saturated rings. The van der Waals surface area contributed by atoms with E-state index in [9.17, 15) is 18.3 Å². The Hall–Kier alpha value is -1.29. The van der Waals surface area contributed by atoms with Crippen LogP contribution in [0.25, 0.3) is 0 Å². The van der Waals surface area contributed by atoms with Crippen LogP contribution < -0.4 is 0 Å². The second-order valence-electron chi connectivity index (χ2n) is 4.84. The van der Waals surface area contributed by atoms with E-state index < -0.39 is 17.8 Å². The second-order valence-corrected chi connectivity index (χ2v) is 4.84. The molecule has 1 rings (SSSR count). The van der Waals surface area contributed by atoms with Gasteiger partial charge in [0.05, 0.1) is 11.7 Å². The predicted molar refractivity (Wildman–Crippen MR) is 74.3 cm³/mol. The Morgan fingerprint density at radius 2 is 1.75 bits per heavy atom. The molecule has 0 aliphatic carbocycles. The largest absolute Gasteiger partial charge is 0.416 e. The Kier molecular flexibility index (Phi) is 6.79. The van der Waals surface area contributed by atoms with Gasteiger partial charge in [0, 0.05) is 0 Å².